The molecule has 0 radical (unpaired) electrons. The second-order valence-corrected chi connectivity index (χ2v) is 12.6. The molecule has 3 unspecified atom stereocenters. The highest BCUT2D eigenvalue weighted by molar-refractivity contribution is 9.10. The number of halogens is 1. The van der Waals surface area contributed by atoms with E-state index in [9.17, 15) is 29.0 Å². The smallest absolute Gasteiger partial charge is 0.340 e. The number of hydrogen-bond donors (Lipinski definition) is 5. The molecule has 0 aliphatic carbocycles. The summed E-state index contributed by atoms with van der Waals surface area (Å²) in [5.74, 6) is -1.42. The summed E-state index contributed by atoms with van der Waals surface area (Å²) in [6.07, 6.45) is -4.71. The molecule has 1 aliphatic heterocycles. The molecule has 1 aliphatic rings. The lowest BCUT2D eigenvalue weighted by Gasteiger charge is -2.19. The van der Waals surface area contributed by atoms with Crippen LogP contribution in [-0.4, -0.2) is 64.8 Å². The number of benzene rings is 1. The third-order valence-electron chi connectivity index (χ3n) is 4.95. The number of nitrogens with zero attached hydrogens (tertiary/aromatic N) is 3. The molecule has 5 atom stereocenters. The Kier molecular flexibility index (Phi) is 8.92. The highest BCUT2D eigenvalue weighted by Crippen LogP contribution is 2.55. The van der Waals surface area contributed by atoms with Gasteiger partial charge in [-0.25, -0.2) is 4.79 Å². The highest BCUT2D eigenvalue weighted by Gasteiger charge is 2.45. The van der Waals surface area contributed by atoms with Gasteiger partial charge in [0.05, 0.1) is 6.61 Å². The van der Waals surface area contributed by atoms with Crippen molar-refractivity contribution >= 4 is 31.1 Å². The maximum absolute atomic E-state index is 12.8. The van der Waals surface area contributed by atoms with Gasteiger partial charge in [-0.2, -0.15) is 0 Å². The first-order valence-corrected chi connectivity index (χ1v) is 14.3. The first kappa shape index (κ1) is 27.9. The van der Waals surface area contributed by atoms with Crippen molar-refractivity contribution in [3.05, 3.63) is 62.5 Å². The van der Waals surface area contributed by atoms with Crippen molar-refractivity contribution < 1.29 is 48.1 Å². The van der Waals surface area contributed by atoms with E-state index in [0.29, 0.717) is 0 Å². The van der Waals surface area contributed by atoms with Crippen LogP contribution in [0.1, 0.15) is 11.8 Å². The minimum atomic E-state index is -4.84. The van der Waals surface area contributed by atoms with Crippen LogP contribution < -0.4 is 11.2 Å². The first-order valence-electron chi connectivity index (χ1n) is 9.98. The Morgan fingerprint density at radius 1 is 1.11 bits per heavy atom. The lowest BCUT2D eigenvalue weighted by molar-refractivity contribution is -0.0530. The number of aromatic nitrogens is 2. The number of rotatable bonds is 9. The van der Waals surface area contributed by atoms with Crippen LogP contribution in [0.15, 0.2) is 51.0 Å². The van der Waals surface area contributed by atoms with Crippen LogP contribution >= 0.6 is 31.1 Å². The van der Waals surface area contributed by atoms with E-state index < -0.39 is 57.9 Å². The predicted octanol–water partition coefficient (Wildman–Crippen LogP) is -0.0618. The van der Waals surface area contributed by atoms with Crippen LogP contribution in [0, 0.1) is 0 Å². The van der Waals surface area contributed by atoms with Gasteiger partial charge in [0.25, 0.3) is 0 Å². The van der Waals surface area contributed by atoms with E-state index in [1.165, 1.54) is 19.3 Å². The van der Waals surface area contributed by atoms with Gasteiger partial charge in [-0.05, 0) is 17.7 Å². The van der Waals surface area contributed by atoms with Gasteiger partial charge < -0.3 is 39.0 Å². The lowest BCUT2D eigenvalue weighted by atomic mass is 10.1. The fraction of sp³-hybridized carbons (Fsp3) is 0.444. The minimum absolute atomic E-state index is 0.158. The average molecular weight is 600 g/mol. The Bertz CT molecular complexity index is 1260. The van der Waals surface area contributed by atoms with Gasteiger partial charge in [-0.15, -0.1) is 0 Å². The molecule has 0 saturated carbocycles. The topological polar surface area (TPSA) is 202 Å². The zero-order valence-corrected chi connectivity index (χ0v) is 21.6. The van der Waals surface area contributed by atoms with Crippen molar-refractivity contribution in [3.8, 4) is 0 Å². The Balaban J connectivity index is 1.70. The molecule has 0 amide bonds. The lowest BCUT2D eigenvalue weighted by Crippen LogP contribution is -2.42. The molecule has 1 saturated heterocycles. The maximum Gasteiger partial charge on any atom is 0.340 e. The van der Waals surface area contributed by atoms with Gasteiger partial charge in [-0.3, -0.25) is 18.3 Å². The first-order chi connectivity index (χ1) is 16.3. The molecule has 35 heavy (non-hydrogen) atoms. The average Bonchev–Trinajstić information content (AvgIpc) is 3.03. The van der Waals surface area contributed by atoms with Crippen LogP contribution in [0.3, 0.4) is 0 Å². The molecule has 1 aromatic carbocycles. The zero-order chi connectivity index (χ0) is 26.0. The number of aliphatic hydroxyl groups excluding tert-OH is 2. The summed E-state index contributed by atoms with van der Waals surface area (Å²) in [6, 6.07) is 8.78. The molecule has 5 N–H and O–H groups in total. The molecule has 17 heteroatoms. The number of ether oxygens (including phenoxy) is 1. The normalized spacial score (nSPS) is 24.9. The van der Waals surface area contributed by atoms with Crippen LogP contribution in [0.25, 0.3) is 0 Å². The van der Waals surface area contributed by atoms with Crippen molar-refractivity contribution in [2.75, 3.05) is 12.5 Å². The molecule has 3 rings (SSSR count). The van der Waals surface area contributed by atoms with Gasteiger partial charge in [0.15, 0.2) is 17.6 Å². The molecule has 194 valence electrons. The summed E-state index contributed by atoms with van der Waals surface area (Å²) >= 11 is 3.33. The van der Waals surface area contributed by atoms with E-state index in [4.69, 9.17) is 19.4 Å². The maximum atomic E-state index is 12.8. The summed E-state index contributed by atoms with van der Waals surface area (Å²) in [7, 11) is -8.14. The van der Waals surface area contributed by atoms with E-state index in [1.807, 2.05) is 24.3 Å². The SMILES string of the molecule is Cn1c(=O)n([C@@H]2O[C@H](COP(=O)(O)CP(=O)(O)O)C(O)C2O)cc/c1=N/OCc1ccc(Br)cc1. The molecular weight excluding hydrogens is 576 g/mol. The summed E-state index contributed by atoms with van der Waals surface area (Å²) < 4.78 is 35.9. The standard InChI is InChI=1S/C18H24BrN3O11P2/c1-21-14(20-31-8-11-2-4-12(19)5-3-11)6-7-22(18(21)25)17-16(24)15(23)13(33-17)9-32-35(29,30)10-34(26,27)28/h2-7,13,15-17,23-24H,8-10H2,1H3,(H,29,30)(H2,26,27,28)/b20-14-/t13-,15?,16?,17-/m1/s1. The van der Waals surface area contributed by atoms with Crippen LogP contribution in [-0.2, 0) is 36.9 Å². The third-order valence-corrected chi connectivity index (χ3v) is 8.94. The summed E-state index contributed by atoms with van der Waals surface area (Å²) in [5.41, 5.74) is 0.339. The Labute approximate surface area is 206 Å². The molecule has 0 spiro atoms. The van der Waals surface area contributed by atoms with Crippen molar-refractivity contribution in [3.63, 3.8) is 0 Å². The van der Waals surface area contributed by atoms with E-state index in [0.717, 1.165) is 19.2 Å². The quantitative estimate of drug-likeness (QED) is 0.191. The van der Waals surface area contributed by atoms with Crippen molar-refractivity contribution in [1.29, 1.82) is 0 Å². The third kappa shape index (κ3) is 7.43. The van der Waals surface area contributed by atoms with Gasteiger partial charge in [0, 0.05) is 23.8 Å². The van der Waals surface area contributed by atoms with Crippen molar-refractivity contribution in [1.82, 2.24) is 9.13 Å². The fourth-order valence-electron chi connectivity index (χ4n) is 3.19. The molecule has 1 fully saturated rings. The summed E-state index contributed by atoms with van der Waals surface area (Å²) in [4.78, 5) is 45.4. The molecular formula is C18H24BrN3O11P2. The largest absolute Gasteiger partial charge is 0.389 e. The van der Waals surface area contributed by atoms with Crippen LogP contribution in [0.5, 0.6) is 0 Å². The van der Waals surface area contributed by atoms with Crippen molar-refractivity contribution in [2.45, 2.75) is 31.1 Å². The Morgan fingerprint density at radius 2 is 1.77 bits per heavy atom. The second kappa shape index (κ2) is 11.2. The van der Waals surface area contributed by atoms with Crippen LogP contribution in [0.2, 0.25) is 0 Å². The molecule has 0 bridgehead atoms. The second-order valence-electron chi connectivity index (χ2n) is 7.70. The van der Waals surface area contributed by atoms with Gasteiger partial charge in [0.1, 0.15) is 24.9 Å². The van der Waals surface area contributed by atoms with Gasteiger partial charge in [-0.1, -0.05) is 33.2 Å². The van der Waals surface area contributed by atoms with Gasteiger partial charge in [0.2, 0.25) is 0 Å². The fourth-order valence-corrected chi connectivity index (χ4v) is 6.03. The molecule has 2 aromatic rings. The predicted molar refractivity (Wildman–Crippen MR) is 123 cm³/mol. The van der Waals surface area contributed by atoms with Gasteiger partial charge >= 0.3 is 20.9 Å². The summed E-state index contributed by atoms with van der Waals surface area (Å²) in [5, 5.41) is 24.5. The summed E-state index contributed by atoms with van der Waals surface area (Å²) in [6.45, 7) is -0.605. The molecule has 1 aromatic heterocycles. The van der Waals surface area contributed by atoms with E-state index in [1.54, 1.807) is 0 Å². The molecule has 14 nitrogen and oxygen atoms in total. The van der Waals surface area contributed by atoms with Crippen LogP contribution in [0.4, 0.5) is 0 Å². The Morgan fingerprint density at radius 3 is 2.40 bits per heavy atom. The number of aliphatic hydroxyl groups is 2. The van der Waals surface area contributed by atoms with Crippen molar-refractivity contribution in [2.24, 2.45) is 12.2 Å². The number of hydrogen-bond acceptors (Lipinski definition) is 9. The Hall–Kier alpha value is -1.64. The molecule has 2 heterocycles. The van der Waals surface area contributed by atoms with E-state index >= 15 is 0 Å². The minimum Gasteiger partial charge on any atom is -0.389 e. The zero-order valence-electron chi connectivity index (χ0n) is 18.2. The monoisotopic (exact) mass is 599 g/mol. The highest BCUT2D eigenvalue weighted by atomic mass is 79.9. The van der Waals surface area contributed by atoms with E-state index in [-0.39, 0.29) is 12.1 Å². The van der Waals surface area contributed by atoms with E-state index in [2.05, 4.69) is 25.6 Å².